The molecule has 0 aliphatic carbocycles. The van der Waals surface area contributed by atoms with Gasteiger partial charge in [-0.05, 0) is 18.3 Å². The molecule has 13 heavy (non-hydrogen) atoms. The number of carbonyl (C=O) groups excluding carboxylic acids is 1. The fourth-order valence-corrected chi connectivity index (χ4v) is 1.63. The van der Waals surface area contributed by atoms with Crippen LogP contribution in [0.3, 0.4) is 0 Å². The highest BCUT2D eigenvalue weighted by Crippen LogP contribution is 2.25. The van der Waals surface area contributed by atoms with Crippen molar-refractivity contribution in [2.45, 2.75) is 60.3 Å². The molecule has 0 fully saturated rings. The van der Waals surface area contributed by atoms with Crippen molar-refractivity contribution in [2.24, 2.45) is 11.3 Å². The van der Waals surface area contributed by atoms with E-state index in [2.05, 4.69) is 34.6 Å². The van der Waals surface area contributed by atoms with Crippen LogP contribution in [0.25, 0.3) is 0 Å². The molecule has 0 aromatic heterocycles. The summed E-state index contributed by atoms with van der Waals surface area (Å²) in [6.45, 7) is 10.8. The first kappa shape index (κ1) is 12.7. The first-order chi connectivity index (χ1) is 5.87. The molecular formula is C12H24O. The molecule has 0 heterocycles. The quantitative estimate of drug-likeness (QED) is 0.635. The van der Waals surface area contributed by atoms with Gasteiger partial charge in [-0.1, -0.05) is 41.0 Å². The summed E-state index contributed by atoms with van der Waals surface area (Å²) < 4.78 is 0. The lowest BCUT2D eigenvalue weighted by atomic mass is 9.83. The maximum atomic E-state index is 11.6. The average molecular weight is 184 g/mol. The summed E-state index contributed by atoms with van der Waals surface area (Å²) in [6.07, 6.45) is 3.95. The molecule has 0 aliphatic rings. The molecule has 0 rings (SSSR count). The van der Waals surface area contributed by atoms with Crippen LogP contribution < -0.4 is 0 Å². The van der Waals surface area contributed by atoms with Crippen LogP contribution in [0, 0.1) is 11.3 Å². The van der Waals surface area contributed by atoms with Crippen LogP contribution in [0.5, 0.6) is 0 Å². The summed E-state index contributed by atoms with van der Waals surface area (Å²) in [5.74, 6) is 0.684. The van der Waals surface area contributed by atoms with Crippen LogP contribution in [0.4, 0.5) is 0 Å². The molecule has 0 aliphatic heterocycles. The molecule has 78 valence electrons. The SMILES string of the molecule is CCCCC(=O)C(C)CC(C)(C)C. The number of Topliss-reactive ketones (excluding diaryl/α,β-unsaturated/α-hetero) is 1. The van der Waals surface area contributed by atoms with Crippen LogP contribution in [-0.4, -0.2) is 5.78 Å². The predicted octanol–water partition coefficient (Wildman–Crippen LogP) is 3.82. The maximum absolute atomic E-state index is 11.6. The van der Waals surface area contributed by atoms with Gasteiger partial charge in [0.1, 0.15) is 5.78 Å². The minimum atomic E-state index is 0.242. The summed E-state index contributed by atoms with van der Waals surface area (Å²) in [7, 11) is 0. The molecule has 0 spiro atoms. The fourth-order valence-electron chi connectivity index (χ4n) is 1.63. The molecule has 0 saturated carbocycles. The summed E-state index contributed by atoms with van der Waals surface area (Å²) in [4.78, 5) is 11.6. The molecule has 0 aromatic carbocycles. The minimum absolute atomic E-state index is 0.242. The van der Waals surface area contributed by atoms with Crippen molar-refractivity contribution in [2.75, 3.05) is 0 Å². The number of unbranched alkanes of at least 4 members (excludes halogenated alkanes) is 1. The van der Waals surface area contributed by atoms with E-state index in [9.17, 15) is 4.79 Å². The standard InChI is InChI=1S/C12H24O/c1-6-7-8-11(13)10(2)9-12(3,4)5/h10H,6-9H2,1-5H3. The van der Waals surface area contributed by atoms with E-state index >= 15 is 0 Å². The highest BCUT2D eigenvalue weighted by Gasteiger charge is 2.19. The molecular weight excluding hydrogens is 160 g/mol. The summed E-state index contributed by atoms with van der Waals surface area (Å²) >= 11 is 0. The topological polar surface area (TPSA) is 17.1 Å². The Bertz CT molecular complexity index is 153. The largest absolute Gasteiger partial charge is 0.299 e. The molecule has 1 nitrogen and oxygen atoms in total. The number of carbonyl (C=O) groups is 1. The van der Waals surface area contributed by atoms with Crippen LogP contribution in [0.1, 0.15) is 60.3 Å². The molecule has 1 heteroatoms. The van der Waals surface area contributed by atoms with E-state index in [0.29, 0.717) is 5.78 Å². The molecule has 0 amide bonds. The van der Waals surface area contributed by atoms with Gasteiger partial charge in [-0.3, -0.25) is 4.79 Å². The van der Waals surface area contributed by atoms with Gasteiger partial charge in [-0.15, -0.1) is 0 Å². The van der Waals surface area contributed by atoms with E-state index in [-0.39, 0.29) is 11.3 Å². The van der Waals surface area contributed by atoms with Crippen molar-refractivity contribution >= 4 is 5.78 Å². The Morgan fingerprint density at radius 1 is 1.31 bits per heavy atom. The van der Waals surface area contributed by atoms with E-state index < -0.39 is 0 Å². The fraction of sp³-hybridized carbons (Fsp3) is 0.917. The second-order valence-electron chi connectivity index (χ2n) is 5.24. The lowest BCUT2D eigenvalue weighted by Gasteiger charge is -2.22. The summed E-state index contributed by atoms with van der Waals surface area (Å²) in [5.41, 5.74) is 0.279. The normalized spacial score (nSPS) is 14.2. The molecule has 1 unspecified atom stereocenters. The zero-order valence-electron chi connectivity index (χ0n) is 9.81. The highest BCUT2D eigenvalue weighted by atomic mass is 16.1. The second-order valence-corrected chi connectivity index (χ2v) is 5.24. The maximum Gasteiger partial charge on any atom is 0.135 e. The lowest BCUT2D eigenvalue weighted by Crippen LogP contribution is -2.18. The van der Waals surface area contributed by atoms with Gasteiger partial charge in [0.25, 0.3) is 0 Å². The van der Waals surface area contributed by atoms with E-state index in [4.69, 9.17) is 0 Å². The number of hydrogen-bond donors (Lipinski definition) is 0. The van der Waals surface area contributed by atoms with Crippen molar-refractivity contribution in [3.63, 3.8) is 0 Å². The van der Waals surface area contributed by atoms with E-state index in [1.165, 1.54) is 0 Å². The van der Waals surface area contributed by atoms with Crippen LogP contribution in [-0.2, 0) is 4.79 Å². The van der Waals surface area contributed by atoms with Gasteiger partial charge in [0, 0.05) is 12.3 Å². The number of hydrogen-bond acceptors (Lipinski definition) is 1. The molecule has 0 N–H and O–H groups in total. The Morgan fingerprint density at radius 3 is 2.23 bits per heavy atom. The van der Waals surface area contributed by atoms with Gasteiger partial charge >= 0.3 is 0 Å². The summed E-state index contributed by atoms with van der Waals surface area (Å²) in [5, 5.41) is 0. The van der Waals surface area contributed by atoms with E-state index in [1.807, 2.05) is 0 Å². The predicted molar refractivity (Wildman–Crippen MR) is 57.8 cm³/mol. The molecule has 0 saturated heterocycles. The number of rotatable bonds is 5. The van der Waals surface area contributed by atoms with Crippen molar-refractivity contribution in [1.82, 2.24) is 0 Å². The van der Waals surface area contributed by atoms with Gasteiger partial charge in [0.15, 0.2) is 0 Å². The zero-order valence-corrected chi connectivity index (χ0v) is 9.81. The third kappa shape index (κ3) is 6.80. The highest BCUT2D eigenvalue weighted by molar-refractivity contribution is 5.80. The van der Waals surface area contributed by atoms with Crippen molar-refractivity contribution < 1.29 is 4.79 Å². The third-order valence-electron chi connectivity index (χ3n) is 2.24. The second kappa shape index (κ2) is 5.41. The van der Waals surface area contributed by atoms with E-state index in [1.54, 1.807) is 0 Å². The van der Waals surface area contributed by atoms with Crippen molar-refractivity contribution in [3.05, 3.63) is 0 Å². The van der Waals surface area contributed by atoms with Crippen molar-refractivity contribution in [1.29, 1.82) is 0 Å². The van der Waals surface area contributed by atoms with Gasteiger partial charge in [-0.2, -0.15) is 0 Å². The molecule has 1 atom stereocenters. The average Bonchev–Trinajstić information content (AvgIpc) is 1.96. The van der Waals surface area contributed by atoms with Gasteiger partial charge in [0.05, 0.1) is 0 Å². The van der Waals surface area contributed by atoms with Gasteiger partial charge in [0.2, 0.25) is 0 Å². The Labute approximate surface area is 82.9 Å². The monoisotopic (exact) mass is 184 g/mol. The smallest absolute Gasteiger partial charge is 0.135 e. The van der Waals surface area contributed by atoms with Crippen molar-refractivity contribution in [3.8, 4) is 0 Å². The summed E-state index contributed by atoms with van der Waals surface area (Å²) in [6, 6.07) is 0. The van der Waals surface area contributed by atoms with Gasteiger partial charge in [-0.25, -0.2) is 0 Å². The minimum Gasteiger partial charge on any atom is -0.299 e. The Hall–Kier alpha value is -0.330. The third-order valence-corrected chi connectivity index (χ3v) is 2.24. The molecule has 0 bridgehead atoms. The Kier molecular flexibility index (Phi) is 5.27. The van der Waals surface area contributed by atoms with Crippen LogP contribution >= 0.6 is 0 Å². The van der Waals surface area contributed by atoms with Gasteiger partial charge < -0.3 is 0 Å². The first-order valence-electron chi connectivity index (χ1n) is 5.39. The Balaban J connectivity index is 3.83. The number of ketones is 1. The van der Waals surface area contributed by atoms with E-state index in [0.717, 1.165) is 25.7 Å². The molecule has 0 aromatic rings. The van der Waals surface area contributed by atoms with Crippen LogP contribution in [0.15, 0.2) is 0 Å². The first-order valence-corrected chi connectivity index (χ1v) is 5.39. The Morgan fingerprint density at radius 2 is 1.85 bits per heavy atom. The molecule has 0 radical (unpaired) electrons. The zero-order chi connectivity index (χ0) is 10.5. The van der Waals surface area contributed by atoms with Crippen LogP contribution in [0.2, 0.25) is 0 Å². The lowest BCUT2D eigenvalue weighted by molar-refractivity contribution is -0.123.